The molecular weight excluding hydrogens is 449 g/mol. The molecule has 0 radical (unpaired) electrons. The summed E-state index contributed by atoms with van der Waals surface area (Å²) in [6, 6.07) is 11.4. The smallest absolute Gasteiger partial charge is 0.191 e. The van der Waals surface area contributed by atoms with Crippen molar-refractivity contribution in [3.8, 4) is 0 Å². The fraction of sp³-hybridized carbons (Fsp3) is 0.667. The number of nitrogens with one attached hydrogen (secondary N) is 2. The number of para-hydroxylation sites is 1. The van der Waals surface area contributed by atoms with Gasteiger partial charge in [-0.15, -0.1) is 24.0 Å². The molecule has 1 saturated heterocycles. The highest BCUT2D eigenvalue weighted by molar-refractivity contribution is 14.0. The molecule has 0 saturated carbocycles. The third-order valence-electron chi connectivity index (χ3n) is 5.15. The van der Waals surface area contributed by atoms with Crippen LogP contribution in [0.25, 0.3) is 0 Å². The van der Waals surface area contributed by atoms with Gasteiger partial charge in [0, 0.05) is 44.5 Å². The molecule has 1 heterocycles. The van der Waals surface area contributed by atoms with Crippen molar-refractivity contribution in [2.24, 2.45) is 4.99 Å². The average molecular weight is 487 g/mol. The average Bonchev–Trinajstić information content (AvgIpc) is 2.68. The van der Waals surface area contributed by atoms with E-state index in [9.17, 15) is 0 Å². The lowest BCUT2D eigenvalue weighted by Crippen LogP contribution is -2.49. The van der Waals surface area contributed by atoms with Crippen molar-refractivity contribution >= 4 is 35.6 Å². The predicted octanol–water partition coefficient (Wildman–Crippen LogP) is 3.56. The Labute approximate surface area is 183 Å². The first-order valence-corrected chi connectivity index (χ1v) is 10.2. The Morgan fingerprint density at radius 2 is 1.89 bits per heavy atom. The number of likely N-dealkylation sites (N-methyl/N-ethyl adjacent to an activating group) is 1. The van der Waals surface area contributed by atoms with Crippen molar-refractivity contribution in [2.75, 3.05) is 44.7 Å². The van der Waals surface area contributed by atoms with E-state index >= 15 is 0 Å². The first-order chi connectivity index (χ1) is 12.6. The molecule has 1 aliphatic rings. The second-order valence-electron chi connectivity index (χ2n) is 7.28. The monoisotopic (exact) mass is 487 g/mol. The highest BCUT2D eigenvalue weighted by Crippen LogP contribution is 2.14. The van der Waals surface area contributed by atoms with E-state index in [1.807, 2.05) is 0 Å². The van der Waals surface area contributed by atoms with Gasteiger partial charge in [0.2, 0.25) is 0 Å². The van der Waals surface area contributed by atoms with Crippen molar-refractivity contribution < 1.29 is 0 Å². The maximum absolute atomic E-state index is 4.85. The van der Waals surface area contributed by atoms with E-state index in [-0.39, 0.29) is 24.0 Å². The molecule has 2 N–H and O–H groups in total. The maximum atomic E-state index is 4.85. The lowest BCUT2D eigenvalue weighted by atomic mass is 10.1. The molecule has 6 heteroatoms. The summed E-state index contributed by atoms with van der Waals surface area (Å²) >= 11 is 0. The Balaban J connectivity index is 0.00000364. The molecule has 5 nitrogen and oxygen atoms in total. The summed E-state index contributed by atoms with van der Waals surface area (Å²) in [7, 11) is 2.14. The lowest BCUT2D eigenvalue weighted by molar-refractivity contribution is 0.206. The minimum Gasteiger partial charge on any atom is -0.370 e. The fourth-order valence-corrected chi connectivity index (χ4v) is 3.39. The summed E-state index contributed by atoms with van der Waals surface area (Å²) in [5.41, 5.74) is 1.23. The van der Waals surface area contributed by atoms with Crippen LogP contribution in [0.3, 0.4) is 0 Å². The number of halogens is 1. The fourth-order valence-electron chi connectivity index (χ4n) is 3.39. The van der Waals surface area contributed by atoms with Crippen LogP contribution in [0, 0.1) is 0 Å². The van der Waals surface area contributed by atoms with Crippen molar-refractivity contribution in [1.82, 2.24) is 15.5 Å². The summed E-state index contributed by atoms with van der Waals surface area (Å²) in [5.74, 6) is 0.953. The van der Waals surface area contributed by atoms with Crippen molar-refractivity contribution in [3.63, 3.8) is 0 Å². The Hall–Kier alpha value is -1.02. The van der Waals surface area contributed by atoms with Gasteiger partial charge < -0.3 is 20.4 Å². The quantitative estimate of drug-likeness (QED) is 0.335. The summed E-state index contributed by atoms with van der Waals surface area (Å²) in [6.07, 6.45) is 3.64. The van der Waals surface area contributed by atoms with Gasteiger partial charge in [-0.05, 0) is 51.8 Å². The van der Waals surface area contributed by atoms with Gasteiger partial charge in [-0.2, -0.15) is 0 Å². The Morgan fingerprint density at radius 1 is 1.22 bits per heavy atom. The van der Waals surface area contributed by atoms with E-state index < -0.39 is 0 Å². The number of piperidine rings is 1. The largest absolute Gasteiger partial charge is 0.370 e. The zero-order valence-corrected chi connectivity index (χ0v) is 19.8. The van der Waals surface area contributed by atoms with Gasteiger partial charge in [0.25, 0.3) is 0 Å². The Kier molecular flexibility index (Phi) is 11.7. The molecule has 1 aromatic rings. The topological polar surface area (TPSA) is 42.9 Å². The van der Waals surface area contributed by atoms with Crippen LogP contribution in [0.2, 0.25) is 0 Å². The SMILES string of the molecule is CCCN1CCC(NC(=NCC(C)N(C)c2ccccc2)NCC)CC1.I. The van der Waals surface area contributed by atoms with Gasteiger partial charge in [0.05, 0.1) is 6.54 Å². The minimum absolute atomic E-state index is 0. The molecule has 2 rings (SSSR count). The Morgan fingerprint density at radius 3 is 2.48 bits per heavy atom. The van der Waals surface area contributed by atoms with Crippen LogP contribution in [-0.4, -0.2) is 62.7 Å². The zero-order valence-electron chi connectivity index (χ0n) is 17.4. The molecule has 1 aliphatic heterocycles. The number of hydrogen-bond donors (Lipinski definition) is 2. The zero-order chi connectivity index (χ0) is 18.8. The van der Waals surface area contributed by atoms with Crippen molar-refractivity contribution in [2.45, 2.75) is 52.1 Å². The summed E-state index contributed by atoms with van der Waals surface area (Å²) < 4.78 is 0. The van der Waals surface area contributed by atoms with Gasteiger partial charge in [-0.25, -0.2) is 0 Å². The van der Waals surface area contributed by atoms with E-state index in [0.29, 0.717) is 12.1 Å². The molecule has 0 bridgehead atoms. The van der Waals surface area contributed by atoms with Crippen LogP contribution >= 0.6 is 24.0 Å². The molecule has 0 spiro atoms. The van der Waals surface area contributed by atoms with Gasteiger partial charge >= 0.3 is 0 Å². The third kappa shape index (κ3) is 8.25. The van der Waals surface area contributed by atoms with Crippen molar-refractivity contribution in [1.29, 1.82) is 0 Å². The standard InChI is InChI=1S/C21H37N5.HI/c1-5-14-26-15-12-19(13-16-26)24-21(22-6-2)23-17-18(3)25(4)20-10-8-7-9-11-20;/h7-11,18-19H,5-6,12-17H2,1-4H3,(H2,22,23,24);1H. The highest BCUT2D eigenvalue weighted by Gasteiger charge is 2.19. The molecule has 1 unspecified atom stereocenters. The van der Waals surface area contributed by atoms with Crippen LogP contribution < -0.4 is 15.5 Å². The van der Waals surface area contributed by atoms with Crippen LogP contribution in [0.15, 0.2) is 35.3 Å². The number of hydrogen-bond acceptors (Lipinski definition) is 3. The number of anilines is 1. The molecule has 0 aromatic heterocycles. The number of guanidine groups is 1. The number of likely N-dealkylation sites (tertiary alicyclic amines) is 1. The summed E-state index contributed by atoms with van der Waals surface area (Å²) in [6.45, 7) is 11.9. The summed E-state index contributed by atoms with van der Waals surface area (Å²) in [5, 5.41) is 7.05. The van der Waals surface area contributed by atoms with Gasteiger partial charge in [-0.1, -0.05) is 25.1 Å². The van der Waals surface area contributed by atoms with Gasteiger partial charge in [0.15, 0.2) is 5.96 Å². The third-order valence-corrected chi connectivity index (χ3v) is 5.15. The number of nitrogens with zero attached hydrogens (tertiary/aromatic N) is 3. The van der Waals surface area contributed by atoms with Crippen LogP contribution in [0.5, 0.6) is 0 Å². The van der Waals surface area contributed by atoms with Crippen LogP contribution in [0.1, 0.15) is 40.0 Å². The molecule has 154 valence electrons. The molecule has 27 heavy (non-hydrogen) atoms. The lowest BCUT2D eigenvalue weighted by Gasteiger charge is -2.33. The molecular formula is C21H38IN5. The second kappa shape index (κ2) is 13.2. The van der Waals surface area contributed by atoms with Gasteiger partial charge in [-0.3, -0.25) is 4.99 Å². The molecule has 1 fully saturated rings. The normalized spacial score (nSPS) is 17.1. The highest BCUT2D eigenvalue weighted by atomic mass is 127. The molecule has 0 aliphatic carbocycles. The van der Waals surface area contributed by atoms with Crippen LogP contribution in [0.4, 0.5) is 5.69 Å². The van der Waals surface area contributed by atoms with E-state index in [4.69, 9.17) is 4.99 Å². The van der Waals surface area contributed by atoms with Crippen LogP contribution in [-0.2, 0) is 0 Å². The molecule has 0 amide bonds. The Bertz CT molecular complexity index is 529. The van der Waals surface area contributed by atoms with E-state index in [1.165, 1.54) is 44.6 Å². The van der Waals surface area contributed by atoms with E-state index in [0.717, 1.165) is 19.0 Å². The maximum Gasteiger partial charge on any atom is 0.191 e. The molecule has 1 atom stereocenters. The first kappa shape index (κ1) is 24.0. The number of rotatable bonds is 8. The van der Waals surface area contributed by atoms with Gasteiger partial charge in [0.1, 0.15) is 0 Å². The summed E-state index contributed by atoms with van der Waals surface area (Å²) in [4.78, 5) is 9.71. The minimum atomic E-state index is 0. The van der Waals surface area contributed by atoms with E-state index in [2.05, 4.69) is 78.6 Å². The number of benzene rings is 1. The van der Waals surface area contributed by atoms with E-state index in [1.54, 1.807) is 0 Å². The van der Waals surface area contributed by atoms with Crippen molar-refractivity contribution in [3.05, 3.63) is 30.3 Å². The second-order valence-corrected chi connectivity index (χ2v) is 7.28. The molecule has 1 aromatic carbocycles. The first-order valence-electron chi connectivity index (χ1n) is 10.2. The number of aliphatic imine (C=N–C) groups is 1. The predicted molar refractivity (Wildman–Crippen MR) is 129 cm³/mol.